The van der Waals surface area contributed by atoms with E-state index in [0.717, 1.165) is 0 Å². The van der Waals surface area contributed by atoms with E-state index < -0.39 is 11.9 Å². The Labute approximate surface area is 111 Å². The maximum Gasteiger partial charge on any atom is 0.240 e. The predicted octanol–water partition coefficient (Wildman–Crippen LogP) is -0.586. The molecule has 1 radical (unpaired) electrons. The second-order valence-electron chi connectivity index (χ2n) is 4.33. The van der Waals surface area contributed by atoms with Gasteiger partial charge in [-0.1, -0.05) is 0 Å². The number of nitrogens with two attached hydrogens (primary N) is 1. The van der Waals surface area contributed by atoms with Crippen LogP contribution in [-0.4, -0.2) is 41.9 Å². The van der Waals surface area contributed by atoms with Gasteiger partial charge in [0.2, 0.25) is 5.91 Å². The van der Waals surface area contributed by atoms with Crippen LogP contribution in [0, 0.1) is 6.07 Å². The Morgan fingerprint density at radius 1 is 1.53 bits per heavy atom. The van der Waals surface area contributed by atoms with Gasteiger partial charge in [-0.15, -0.1) is 0 Å². The van der Waals surface area contributed by atoms with Crippen molar-refractivity contribution in [3.05, 3.63) is 23.8 Å². The van der Waals surface area contributed by atoms with Crippen molar-refractivity contribution in [1.82, 2.24) is 0 Å². The van der Waals surface area contributed by atoms with Crippen LogP contribution in [0.1, 0.15) is 12.0 Å². The Morgan fingerprint density at radius 2 is 2.32 bits per heavy atom. The second kappa shape index (κ2) is 5.90. The first-order valence-electron chi connectivity index (χ1n) is 6.12. The SMILES string of the molecule is NC(=O)C1CCOc2c(CO)c[c]cc2N1CCO. The first-order valence-corrected chi connectivity index (χ1v) is 6.12. The quantitative estimate of drug-likeness (QED) is 0.676. The standard InChI is InChI=1S/C13H17N2O4/c14-13(18)11-4-7-19-12-9(8-17)2-1-3-10(12)15(11)5-6-16/h2-3,11,16-17H,4-8H2,(H2,14,18). The van der Waals surface area contributed by atoms with E-state index in [1.54, 1.807) is 17.0 Å². The lowest BCUT2D eigenvalue weighted by molar-refractivity contribution is -0.119. The highest BCUT2D eigenvalue weighted by Gasteiger charge is 2.29. The number of ether oxygens (including phenoxy) is 1. The van der Waals surface area contributed by atoms with Gasteiger partial charge in [-0.2, -0.15) is 0 Å². The summed E-state index contributed by atoms with van der Waals surface area (Å²) in [5, 5.41) is 18.5. The number of nitrogens with zero attached hydrogens (tertiary/aromatic N) is 1. The minimum absolute atomic E-state index is 0.105. The largest absolute Gasteiger partial charge is 0.491 e. The number of carbonyl (C=O) groups is 1. The number of anilines is 1. The van der Waals surface area contributed by atoms with E-state index in [-0.39, 0.29) is 19.8 Å². The molecular weight excluding hydrogens is 248 g/mol. The van der Waals surface area contributed by atoms with Gasteiger partial charge < -0.3 is 25.6 Å². The topological polar surface area (TPSA) is 96.0 Å². The van der Waals surface area contributed by atoms with Crippen molar-refractivity contribution in [2.75, 3.05) is 24.7 Å². The number of amides is 1. The van der Waals surface area contributed by atoms with Crippen LogP contribution in [-0.2, 0) is 11.4 Å². The monoisotopic (exact) mass is 265 g/mol. The molecule has 4 N–H and O–H groups in total. The molecule has 0 aromatic heterocycles. The summed E-state index contributed by atoms with van der Waals surface area (Å²) in [6.45, 7) is 0.326. The van der Waals surface area contributed by atoms with Gasteiger partial charge in [0.1, 0.15) is 11.8 Å². The summed E-state index contributed by atoms with van der Waals surface area (Å²) in [6, 6.07) is 5.68. The van der Waals surface area contributed by atoms with Gasteiger partial charge in [0.05, 0.1) is 25.5 Å². The van der Waals surface area contributed by atoms with E-state index in [2.05, 4.69) is 6.07 Å². The summed E-state index contributed by atoms with van der Waals surface area (Å²) in [7, 11) is 0. The molecule has 0 bridgehead atoms. The van der Waals surface area contributed by atoms with Gasteiger partial charge in [-0.25, -0.2) is 0 Å². The highest BCUT2D eigenvalue weighted by molar-refractivity contribution is 5.85. The lowest BCUT2D eigenvalue weighted by atomic mass is 10.1. The molecule has 0 aliphatic carbocycles. The Kier molecular flexibility index (Phi) is 4.24. The van der Waals surface area contributed by atoms with E-state index in [4.69, 9.17) is 15.6 Å². The van der Waals surface area contributed by atoms with Crippen molar-refractivity contribution in [1.29, 1.82) is 0 Å². The number of β-amino-alcohol motifs (C(OH)–C–C–N with tert-alkyl or cyclic N) is 1. The summed E-state index contributed by atoms with van der Waals surface area (Å²) in [5.74, 6) is 0.0674. The summed E-state index contributed by atoms with van der Waals surface area (Å²) < 4.78 is 5.62. The maximum absolute atomic E-state index is 11.5. The second-order valence-corrected chi connectivity index (χ2v) is 4.33. The Balaban J connectivity index is 2.47. The van der Waals surface area contributed by atoms with Crippen molar-refractivity contribution in [2.45, 2.75) is 19.1 Å². The van der Waals surface area contributed by atoms with Crippen molar-refractivity contribution in [2.24, 2.45) is 5.73 Å². The molecular formula is C13H17N2O4. The van der Waals surface area contributed by atoms with Crippen LogP contribution >= 0.6 is 0 Å². The molecule has 1 amide bonds. The highest BCUT2D eigenvalue weighted by Crippen LogP contribution is 2.36. The number of hydrogen-bond acceptors (Lipinski definition) is 5. The van der Waals surface area contributed by atoms with E-state index >= 15 is 0 Å². The van der Waals surface area contributed by atoms with Crippen LogP contribution < -0.4 is 15.4 Å². The van der Waals surface area contributed by atoms with E-state index in [1.165, 1.54) is 0 Å². The van der Waals surface area contributed by atoms with Crippen molar-refractivity contribution < 1.29 is 19.7 Å². The average Bonchev–Trinajstić information content (AvgIpc) is 2.59. The molecule has 1 unspecified atom stereocenters. The molecule has 6 nitrogen and oxygen atoms in total. The number of rotatable bonds is 4. The molecule has 1 atom stereocenters. The number of fused-ring (bicyclic) bond motifs is 1. The lowest BCUT2D eigenvalue weighted by Crippen LogP contribution is -2.46. The van der Waals surface area contributed by atoms with Crippen LogP contribution in [0.3, 0.4) is 0 Å². The Morgan fingerprint density at radius 3 is 2.95 bits per heavy atom. The number of hydrogen-bond donors (Lipinski definition) is 3. The van der Waals surface area contributed by atoms with Gasteiger partial charge in [0, 0.05) is 18.5 Å². The molecule has 2 rings (SSSR count). The molecule has 1 aromatic carbocycles. The molecule has 6 heteroatoms. The molecule has 1 aliphatic heterocycles. The van der Waals surface area contributed by atoms with E-state index in [9.17, 15) is 9.90 Å². The zero-order valence-corrected chi connectivity index (χ0v) is 10.5. The molecule has 19 heavy (non-hydrogen) atoms. The Hall–Kier alpha value is -1.79. The van der Waals surface area contributed by atoms with Crippen LogP contribution in [0.2, 0.25) is 0 Å². The summed E-state index contributed by atoms with van der Waals surface area (Å²) >= 11 is 0. The van der Waals surface area contributed by atoms with Crippen molar-refractivity contribution >= 4 is 11.6 Å². The third kappa shape index (κ3) is 2.64. The van der Waals surface area contributed by atoms with Crippen LogP contribution in [0.25, 0.3) is 0 Å². The maximum atomic E-state index is 11.5. The molecule has 1 aliphatic rings. The number of benzene rings is 1. The van der Waals surface area contributed by atoms with Crippen LogP contribution in [0.5, 0.6) is 5.75 Å². The van der Waals surface area contributed by atoms with Gasteiger partial charge in [0.25, 0.3) is 0 Å². The number of primary amides is 1. The summed E-state index contributed by atoms with van der Waals surface area (Å²) in [5.41, 5.74) is 6.64. The van der Waals surface area contributed by atoms with Crippen LogP contribution in [0.15, 0.2) is 12.1 Å². The summed E-state index contributed by atoms with van der Waals surface area (Å²) in [6.07, 6.45) is 0.439. The molecule has 1 aromatic rings. The van der Waals surface area contributed by atoms with Crippen molar-refractivity contribution in [3.63, 3.8) is 0 Å². The first-order chi connectivity index (χ1) is 9.19. The highest BCUT2D eigenvalue weighted by atomic mass is 16.5. The number of aliphatic hydroxyl groups excluding tert-OH is 2. The molecule has 0 saturated heterocycles. The first kappa shape index (κ1) is 13.6. The zero-order valence-electron chi connectivity index (χ0n) is 10.5. The Bertz CT molecular complexity index is 464. The third-order valence-electron chi connectivity index (χ3n) is 3.16. The molecule has 1 heterocycles. The number of aliphatic hydroxyl groups is 2. The van der Waals surface area contributed by atoms with Crippen molar-refractivity contribution in [3.8, 4) is 5.75 Å². The van der Waals surface area contributed by atoms with Gasteiger partial charge in [-0.05, 0) is 18.2 Å². The third-order valence-corrected chi connectivity index (χ3v) is 3.16. The van der Waals surface area contributed by atoms with Gasteiger partial charge in [-0.3, -0.25) is 4.79 Å². The van der Waals surface area contributed by atoms with Crippen LogP contribution in [0.4, 0.5) is 5.69 Å². The summed E-state index contributed by atoms with van der Waals surface area (Å²) in [4.78, 5) is 13.2. The minimum atomic E-state index is -0.532. The van der Waals surface area contributed by atoms with Gasteiger partial charge in [0.15, 0.2) is 0 Å². The van der Waals surface area contributed by atoms with E-state index in [0.29, 0.717) is 30.0 Å². The lowest BCUT2D eigenvalue weighted by Gasteiger charge is -2.29. The fraction of sp³-hybridized carbons (Fsp3) is 0.462. The molecule has 0 spiro atoms. The molecule has 103 valence electrons. The minimum Gasteiger partial charge on any atom is -0.491 e. The predicted molar refractivity (Wildman–Crippen MR) is 68.7 cm³/mol. The fourth-order valence-corrected chi connectivity index (χ4v) is 2.29. The normalized spacial score (nSPS) is 18.4. The molecule has 0 saturated carbocycles. The molecule has 0 fully saturated rings. The average molecular weight is 265 g/mol. The number of carbonyl (C=O) groups excluding carboxylic acids is 1. The smallest absolute Gasteiger partial charge is 0.240 e. The zero-order chi connectivity index (χ0) is 13.8. The van der Waals surface area contributed by atoms with E-state index in [1.807, 2.05) is 0 Å². The fourth-order valence-electron chi connectivity index (χ4n) is 2.29. The van der Waals surface area contributed by atoms with Gasteiger partial charge >= 0.3 is 0 Å².